The Labute approximate surface area is 115 Å². The summed E-state index contributed by atoms with van der Waals surface area (Å²) in [6.07, 6.45) is 3.91. The Morgan fingerprint density at radius 1 is 1.26 bits per heavy atom. The first-order valence-electron chi connectivity index (χ1n) is 7.07. The molecule has 1 N–H and O–H groups in total. The van der Waals surface area contributed by atoms with Gasteiger partial charge in [-0.05, 0) is 42.5 Å². The number of ether oxygens (including phenoxy) is 1. The van der Waals surface area contributed by atoms with Crippen molar-refractivity contribution in [3.63, 3.8) is 0 Å². The van der Waals surface area contributed by atoms with E-state index in [0.717, 1.165) is 17.4 Å². The predicted octanol–water partition coefficient (Wildman–Crippen LogP) is 3.83. The van der Waals surface area contributed by atoms with E-state index in [1.165, 1.54) is 19.3 Å². The molecule has 0 aromatic heterocycles. The van der Waals surface area contributed by atoms with Gasteiger partial charge in [-0.15, -0.1) is 0 Å². The van der Waals surface area contributed by atoms with Crippen LogP contribution in [0.5, 0.6) is 5.75 Å². The Bertz CT molecular complexity index is 435. The minimum Gasteiger partial charge on any atom is -0.479 e. The lowest BCUT2D eigenvalue weighted by Crippen LogP contribution is -2.34. The predicted molar refractivity (Wildman–Crippen MR) is 77.1 cm³/mol. The maximum absolute atomic E-state index is 8.47. The van der Waals surface area contributed by atoms with Gasteiger partial charge in [0.1, 0.15) is 11.8 Å². The largest absolute Gasteiger partial charge is 0.479 e. The third-order valence-electron chi connectivity index (χ3n) is 4.22. The van der Waals surface area contributed by atoms with Gasteiger partial charge in [-0.2, -0.15) is 5.26 Å². The Morgan fingerprint density at radius 2 is 2.00 bits per heavy atom. The third-order valence-corrected chi connectivity index (χ3v) is 4.22. The molecular formula is C16H22N2O. The average molecular weight is 258 g/mol. The van der Waals surface area contributed by atoms with Gasteiger partial charge >= 0.3 is 0 Å². The summed E-state index contributed by atoms with van der Waals surface area (Å²) in [6, 6.07) is 10.4. The zero-order valence-electron chi connectivity index (χ0n) is 11.7. The van der Waals surface area contributed by atoms with Gasteiger partial charge in [0.05, 0.1) is 0 Å². The first-order valence-corrected chi connectivity index (χ1v) is 7.07. The Morgan fingerprint density at radius 3 is 2.68 bits per heavy atom. The van der Waals surface area contributed by atoms with Gasteiger partial charge in [-0.1, -0.05) is 26.7 Å². The summed E-state index contributed by atoms with van der Waals surface area (Å²) in [6.45, 7) is 4.78. The summed E-state index contributed by atoms with van der Waals surface area (Å²) in [7, 11) is 0. The average Bonchev–Trinajstić information content (AvgIpc) is 2.43. The molecule has 1 saturated carbocycles. The summed E-state index contributed by atoms with van der Waals surface area (Å²) in [5, 5.41) is 12.1. The van der Waals surface area contributed by atoms with Crippen molar-refractivity contribution in [2.75, 3.05) is 11.9 Å². The first kappa shape index (κ1) is 13.7. The molecule has 0 radical (unpaired) electrons. The fourth-order valence-corrected chi connectivity index (χ4v) is 2.76. The molecule has 2 rings (SSSR count). The van der Waals surface area contributed by atoms with E-state index in [9.17, 15) is 0 Å². The van der Waals surface area contributed by atoms with E-state index in [1.54, 1.807) is 0 Å². The zero-order valence-corrected chi connectivity index (χ0v) is 11.7. The van der Waals surface area contributed by atoms with Crippen molar-refractivity contribution in [1.29, 1.82) is 5.26 Å². The highest BCUT2D eigenvalue weighted by molar-refractivity contribution is 5.47. The lowest BCUT2D eigenvalue weighted by atomic mass is 9.78. The molecule has 0 aliphatic heterocycles. The van der Waals surface area contributed by atoms with Crippen LogP contribution in [0.15, 0.2) is 24.3 Å². The Hall–Kier alpha value is -1.69. The molecule has 1 aromatic rings. The number of nitrogens with zero attached hydrogens (tertiary/aromatic N) is 1. The van der Waals surface area contributed by atoms with Crippen molar-refractivity contribution in [2.45, 2.75) is 39.2 Å². The summed E-state index contributed by atoms with van der Waals surface area (Å²) in [5.74, 6) is 2.25. The maximum atomic E-state index is 8.47. The topological polar surface area (TPSA) is 45.0 Å². The molecule has 1 fully saturated rings. The number of anilines is 1. The van der Waals surface area contributed by atoms with Crippen molar-refractivity contribution in [3.05, 3.63) is 24.3 Å². The lowest BCUT2D eigenvalue weighted by molar-refractivity contribution is 0.253. The quantitative estimate of drug-likeness (QED) is 0.892. The highest BCUT2D eigenvalue weighted by atomic mass is 16.5. The maximum Gasteiger partial charge on any atom is 0.174 e. The van der Waals surface area contributed by atoms with E-state index in [2.05, 4.69) is 19.2 Å². The molecule has 19 heavy (non-hydrogen) atoms. The fraction of sp³-hybridized carbons (Fsp3) is 0.562. The molecule has 3 atom stereocenters. The van der Waals surface area contributed by atoms with Crippen molar-refractivity contribution >= 4 is 5.69 Å². The SMILES string of the molecule is CC1CCCC(Nc2ccc(OCC#N)cc2)C1C. The van der Waals surface area contributed by atoms with Crippen LogP contribution in [0.2, 0.25) is 0 Å². The van der Waals surface area contributed by atoms with Crippen molar-refractivity contribution in [1.82, 2.24) is 0 Å². The smallest absolute Gasteiger partial charge is 0.174 e. The van der Waals surface area contributed by atoms with Crippen LogP contribution in [0.25, 0.3) is 0 Å². The number of benzene rings is 1. The van der Waals surface area contributed by atoms with Gasteiger partial charge in [0.2, 0.25) is 0 Å². The second-order valence-corrected chi connectivity index (χ2v) is 5.49. The summed E-state index contributed by atoms with van der Waals surface area (Å²) < 4.78 is 5.25. The molecule has 1 aliphatic carbocycles. The molecule has 1 aliphatic rings. The van der Waals surface area contributed by atoms with Crippen LogP contribution in [0, 0.1) is 23.2 Å². The van der Waals surface area contributed by atoms with Crippen LogP contribution in [-0.4, -0.2) is 12.6 Å². The standard InChI is InChI=1S/C16H22N2O/c1-12-4-3-5-16(13(12)2)18-14-6-8-15(9-7-14)19-11-10-17/h6-9,12-13,16,18H,3-5,11H2,1-2H3. The summed E-state index contributed by atoms with van der Waals surface area (Å²) in [5.41, 5.74) is 1.13. The number of hydrogen-bond donors (Lipinski definition) is 1. The minimum absolute atomic E-state index is 0.101. The monoisotopic (exact) mass is 258 g/mol. The molecule has 3 nitrogen and oxygen atoms in total. The van der Waals surface area contributed by atoms with Crippen LogP contribution < -0.4 is 10.1 Å². The van der Waals surface area contributed by atoms with E-state index >= 15 is 0 Å². The normalized spacial score (nSPS) is 26.5. The summed E-state index contributed by atoms with van der Waals surface area (Å²) in [4.78, 5) is 0. The lowest BCUT2D eigenvalue weighted by Gasteiger charge is -2.35. The molecular weight excluding hydrogens is 236 g/mol. The number of nitriles is 1. The van der Waals surface area contributed by atoms with E-state index < -0.39 is 0 Å². The van der Waals surface area contributed by atoms with Crippen LogP contribution in [0.4, 0.5) is 5.69 Å². The van der Waals surface area contributed by atoms with E-state index in [1.807, 2.05) is 30.3 Å². The van der Waals surface area contributed by atoms with Gasteiger partial charge in [0.25, 0.3) is 0 Å². The highest BCUT2D eigenvalue weighted by Crippen LogP contribution is 2.31. The van der Waals surface area contributed by atoms with Crippen LogP contribution in [-0.2, 0) is 0 Å². The minimum atomic E-state index is 0.101. The van der Waals surface area contributed by atoms with Crippen LogP contribution >= 0.6 is 0 Å². The second-order valence-electron chi connectivity index (χ2n) is 5.49. The number of hydrogen-bond acceptors (Lipinski definition) is 3. The van der Waals surface area contributed by atoms with E-state index in [0.29, 0.717) is 12.0 Å². The first-order chi connectivity index (χ1) is 9.20. The van der Waals surface area contributed by atoms with Gasteiger partial charge in [-0.25, -0.2) is 0 Å². The van der Waals surface area contributed by atoms with Gasteiger partial charge in [0, 0.05) is 11.7 Å². The second kappa shape index (κ2) is 6.47. The Kier molecular flexibility index (Phi) is 4.68. The van der Waals surface area contributed by atoms with Crippen molar-refractivity contribution in [2.24, 2.45) is 11.8 Å². The van der Waals surface area contributed by atoms with Gasteiger partial charge < -0.3 is 10.1 Å². The number of rotatable bonds is 4. The summed E-state index contributed by atoms with van der Waals surface area (Å²) >= 11 is 0. The molecule has 0 bridgehead atoms. The fourth-order valence-electron chi connectivity index (χ4n) is 2.76. The molecule has 0 saturated heterocycles. The molecule has 3 heteroatoms. The molecule has 0 amide bonds. The van der Waals surface area contributed by atoms with E-state index in [4.69, 9.17) is 10.00 Å². The van der Waals surface area contributed by atoms with Gasteiger partial charge in [-0.3, -0.25) is 0 Å². The van der Waals surface area contributed by atoms with Crippen molar-refractivity contribution < 1.29 is 4.74 Å². The molecule has 1 aromatic carbocycles. The molecule has 3 unspecified atom stereocenters. The van der Waals surface area contributed by atoms with Crippen LogP contribution in [0.1, 0.15) is 33.1 Å². The van der Waals surface area contributed by atoms with Gasteiger partial charge in [0.15, 0.2) is 6.61 Å². The van der Waals surface area contributed by atoms with E-state index in [-0.39, 0.29) is 6.61 Å². The highest BCUT2D eigenvalue weighted by Gasteiger charge is 2.26. The molecule has 0 spiro atoms. The van der Waals surface area contributed by atoms with Crippen molar-refractivity contribution in [3.8, 4) is 11.8 Å². The van der Waals surface area contributed by atoms with Crippen LogP contribution in [0.3, 0.4) is 0 Å². The number of nitrogens with one attached hydrogen (secondary N) is 1. The molecule has 102 valence electrons. The third kappa shape index (κ3) is 3.64. The molecule has 0 heterocycles. The Balaban J connectivity index is 1.93. The zero-order chi connectivity index (χ0) is 13.7.